The van der Waals surface area contributed by atoms with Crippen molar-refractivity contribution in [2.45, 2.75) is 26.4 Å². The van der Waals surface area contributed by atoms with Crippen molar-refractivity contribution in [2.75, 3.05) is 10.6 Å². The summed E-state index contributed by atoms with van der Waals surface area (Å²) in [4.78, 5) is 24.7. The van der Waals surface area contributed by atoms with Crippen LogP contribution in [0.1, 0.15) is 32.9 Å². The maximum atomic E-state index is 13.6. The van der Waals surface area contributed by atoms with Crippen LogP contribution in [-0.2, 0) is 24.4 Å². The highest BCUT2D eigenvalue weighted by molar-refractivity contribution is 6.04. The van der Waals surface area contributed by atoms with Crippen molar-refractivity contribution in [2.24, 2.45) is 7.05 Å². The third-order valence-electron chi connectivity index (χ3n) is 4.96. The molecule has 3 rings (SSSR count). The van der Waals surface area contributed by atoms with Crippen LogP contribution in [0, 0.1) is 19.7 Å². The van der Waals surface area contributed by atoms with Crippen molar-refractivity contribution in [1.29, 1.82) is 0 Å². The lowest BCUT2D eigenvalue weighted by Crippen LogP contribution is -2.19. The first-order valence-electron chi connectivity index (χ1n) is 9.53. The van der Waals surface area contributed by atoms with E-state index in [4.69, 9.17) is 0 Å². The number of aryl methyl sites for hydroxylation is 2. The van der Waals surface area contributed by atoms with Crippen molar-refractivity contribution in [3.63, 3.8) is 0 Å². The van der Waals surface area contributed by atoms with Gasteiger partial charge in [-0.3, -0.25) is 14.3 Å². The molecular formula is C22H20F4N4O2. The molecule has 0 fully saturated rings. The number of nitrogens with zero attached hydrogens (tertiary/aromatic N) is 2. The molecule has 1 heterocycles. The van der Waals surface area contributed by atoms with Gasteiger partial charge in [0.15, 0.2) is 0 Å². The van der Waals surface area contributed by atoms with E-state index in [2.05, 4.69) is 15.7 Å². The third kappa shape index (κ3) is 5.13. The minimum Gasteiger partial charge on any atom is -0.325 e. The van der Waals surface area contributed by atoms with Gasteiger partial charge in [-0.2, -0.15) is 18.3 Å². The highest BCUT2D eigenvalue weighted by Crippen LogP contribution is 2.37. The van der Waals surface area contributed by atoms with Crippen LogP contribution in [0.2, 0.25) is 0 Å². The number of benzene rings is 2. The molecule has 0 saturated heterocycles. The number of amides is 2. The minimum atomic E-state index is -4.78. The topological polar surface area (TPSA) is 76.0 Å². The molecule has 0 spiro atoms. The number of carbonyl (C=O) groups excluding carboxylic acids is 2. The largest absolute Gasteiger partial charge is 0.418 e. The monoisotopic (exact) mass is 448 g/mol. The van der Waals surface area contributed by atoms with Gasteiger partial charge in [0.2, 0.25) is 5.91 Å². The molecule has 0 aliphatic heterocycles. The van der Waals surface area contributed by atoms with Crippen LogP contribution in [0.15, 0.2) is 42.5 Å². The fraction of sp³-hybridized carbons (Fsp3) is 0.227. The molecule has 0 saturated carbocycles. The second kappa shape index (κ2) is 8.81. The van der Waals surface area contributed by atoms with E-state index < -0.39 is 35.1 Å². The van der Waals surface area contributed by atoms with Gasteiger partial charge in [0, 0.05) is 29.6 Å². The SMILES string of the molecule is Cc1nn(C)c(C)c1CC(=O)Nc1ccc(NC(=O)c2ccc(F)cc2)cc1C(F)(F)F. The van der Waals surface area contributed by atoms with Gasteiger partial charge in [-0.05, 0) is 56.3 Å². The number of nitrogens with one attached hydrogen (secondary N) is 2. The van der Waals surface area contributed by atoms with E-state index in [0.717, 1.165) is 30.0 Å². The molecule has 1 aromatic heterocycles. The fourth-order valence-electron chi connectivity index (χ4n) is 3.20. The van der Waals surface area contributed by atoms with Gasteiger partial charge in [-0.1, -0.05) is 0 Å². The van der Waals surface area contributed by atoms with Crippen molar-refractivity contribution >= 4 is 23.2 Å². The van der Waals surface area contributed by atoms with Crippen LogP contribution < -0.4 is 10.6 Å². The Hall–Kier alpha value is -3.69. The number of halogens is 4. The standard InChI is InChI=1S/C22H20F4N4O2/c1-12-17(13(2)30(3)29-12)11-20(31)28-19-9-8-16(10-18(19)22(24,25)26)27-21(32)14-4-6-15(23)7-5-14/h4-10H,11H2,1-3H3,(H,27,32)(H,28,31). The highest BCUT2D eigenvalue weighted by atomic mass is 19.4. The van der Waals surface area contributed by atoms with Gasteiger partial charge in [-0.15, -0.1) is 0 Å². The number of carbonyl (C=O) groups is 2. The average molecular weight is 448 g/mol. The molecule has 0 bridgehead atoms. The van der Waals surface area contributed by atoms with E-state index in [1.54, 1.807) is 25.6 Å². The summed E-state index contributed by atoms with van der Waals surface area (Å²) in [5.41, 5.74) is 0.427. The zero-order valence-corrected chi connectivity index (χ0v) is 17.5. The molecule has 0 radical (unpaired) electrons. The van der Waals surface area contributed by atoms with Crippen LogP contribution >= 0.6 is 0 Å². The quantitative estimate of drug-likeness (QED) is 0.559. The van der Waals surface area contributed by atoms with E-state index >= 15 is 0 Å². The maximum Gasteiger partial charge on any atom is 0.418 e. The predicted molar refractivity (Wildman–Crippen MR) is 111 cm³/mol. The average Bonchev–Trinajstić information content (AvgIpc) is 2.94. The van der Waals surface area contributed by atoms with E-state index in [1.165, 1.54) is 18.2 Å². The fourth-order valence-corrected chi connectivity index (χ4v) is 3.20. The maximum absolute atomic E-state index is 13.6. The first-order valence-corrected chi connectivity index (χ1v) is 9.53. The summed E-state index contributed by atoms with van der Waals surface area (Å²) in [7, 11) is 1.71. The molecule has 3 aromatic rings. The molecule has 10 heteroatoms. The molecule has 168 valence electrons. The lowest BCUT2D eigenvalue weighted by atomic mass is 10.1. The van der Waals surface area contributed by atoms with Gasteiger partial charge < -0.3 is 10.6 Å². The zero-order valence-electron chi connectivity index (χ0n) is 17.5. The molecule has 2 amide bonds. The summed E-state index contributed by atoms with van der Waals surface area (Å²) < 4.78 is 55.5. The number of hydrogen-bond acceptors (Lipinski definition) is 3. The Morgan fingerprint density at radius 2 is 1.69 bits per heavy atom. The first-order chi connectivity index (χ1) is 15.0. The van der Waals surface area contributed by atoms with Crippen molar-refractivity contribution in [3.8, 4) is 0 Å². The van der Waals surface area contributed by atoms with Crippen LogP contribution in [0.4, 0.5) is 28.9 Å². The minimum absolute atomic E-state index is 0.0829. The Balaban J connectivity index is 1.81. The van der Waals surface area contributed by atoms with Gasteiger partial charge in [0.05, 0.1) is 23.4 Å². The van der Waals surface area contributed by atoms with Crippen LogP contribution in [0.3, 0.4) is 0 Å². The summed E-state index contributed by atoms with van der Waals surface area (Å²) in [5, 5.41) is 8.83. The van der Waals surface area contributed by atoms with Crippen molar-refractivity contribution in [3.05, 3.63) is 76.4 Å². The van der Waals surface area contributed by atoms with E-state index in [0.29, 0.717) is 11.3 Å². The summed E-state index contributed by atoms with van der Waals surface area (Å²) in [6, 6.07) is 7.62. The Morgan fingerprint density at radius 1 is 1.03 bits per heavy atom. The molecule has 0 aliphatic rings. The number of anilines is 2. The Bertz CT molecular complexity index is 1170. The van der Waals surface area contributed by atoms with Gasteiger partial charge in [-0.25, -0.2) is 4.39 Å². The van der Waals surface area contributed by atoms with Crippen molar-refractivity contribution in [1.82, 2.24) is 9.78 Å². The van der Waals surface area contributed by atoms with Gasteiger partial charge in [0.25, 0.3) is 5.91 Å². The zero-order chi connectivity index (χ0) is 23.6. The van der Waals surface area contributed by atoms with Crippen LogP contribution in [0.25, 0.3) is 0 Å². The lowest BCUT2D eigenvalue weighted by molar-refractivity contribution is -0.136. The predicted octanol–water partition coefficient (Wildman–Crippen LogP) is 4.63. The van der Waals surface area contributed by atoms with Crippen LogP contribution in [0.5, 0.6) is 0 Å². The molecule has 0 aliphatic carbocycles. The number of alkyl halides is 3. The molecule has 0 unspecified atom stereocenters. The van der Waals surface area contributed by atoms with Gasteiger partial charge >= 0.3 is 6.18 Å². The second-order valence-electron chi connectivity index (χ2n) is 7.22. The lowest BCUT2D eigenvalue weighted by Gasteiger charge is -2.16. The van der Waals surface area contributed by atoms with Gasteiger partial charge in [0.1, 0.15) is 5.82 Å². The normalized spacial score (nSPS) is 11.3. The van der Waals surface area contributed by atoms with E-state index in [-0.39, 0.29) is 17.7 Å². The Labute approximate surface area is 181 Å². The number of hydrogen-bond donors (Lipinski definition) is 2. The van der Waals surface area contributed by atoms with Crippen LogP contribution in [-0.4, -0.2) is 21.6 Å². The molecule has 6 nitrogen and oxygen atoms in total. The third-order valence-corrected chi connectivity index (χ3v) is 4.96. The second-order valence-corrected chi connectivity index (χ2v) is 7.22. The summed E-state index contributed by atoms with van der Waals surface area (Å²) in [5.74, 6) is -1.87. The number of aromatic nitrogens is 2. The molecule has 32 heavy (non-hydrogen) atoms. The van der Waals surface area contributed by atoms with E-state index in [1.807, 2.05) is 0 Å². The summed E-state index contributed by atoms with van der Waals surface area (Å²) in [6.45, 7) is 3.48. The molecule has 2 N–H and O–H groups in total. The van der Waals surface area contributed by atoms with E-state index in [9.17, 15) is 27.2 Å². The number of rotatable bonds is 5. The summed E-state index contributed by atoms with van der Waals surface area (Å²) in [6.07, 6.45) is -4.91. The van der Waals surface area contributed by atoms with Crippen molar-refractivity contribution < 1.29 is 27.2 Å². The highest BCUT2D eigenvalue weighted by Gasteiger charge is 2.34. The smallest absolute Gasteiger partial charge is 0.325 e. The molecule has 0 atom stereocenters. The first kappa shape index (κ1) is 23.0. The Morgan fingerprint density at radius 3 is 2.25 bits per heavy atom. The Kier molecular flexibility index (Phi) is 6.33. The molecule has 2 aromatic carbocycles. The summed E-state index contributed by atoms with van der Waals surface area (Å²) >= 11 is 0. The molecular weight excluding hydrogens is 428 g/mol.